The highest BCUT2D eigenvalue weighted by molar-refractivity contribution is 6.10. The second-order valence-corrected chi connectivity index (χ2v) is 6.55. The lowest BCUT2D eigenvalue weighted by atomic mass is 9.95. The lowest BCUT2D eigenvalue weighted by Gasteiger charge is -2.08. The Hall–Kier alpha value is -3.78. The fourth-order valence-corrected chi connectivity index (χ4v) is 3.19. The van der Waals surface area contributed by atoms with Crippen LogP contribution in [-0.2, 0) is 0 Å². The summed E-state index contributed by atoms with van der Waals surface area (Å²) < 4.78 is 0. The molecule has 0 N–H and O–H groups in total. The van der Waals surface area contributed by atoms with Gasteiger partial charge >= 0.3 is 0 Å². The maximum absolute atomic E-state index is 12.7. The second-order valence-electron chi connectivity index (χ2n) is 6.55. The van der Waals surface area contributed by atoms with E-state index in [1.165, 1.54) is 0 Å². The van der Waals surface area contributed by atoms with Gasteiger partial charge in [0, 0.05) is 22.3 Å². The first kappa shape index (κ1) is 17.6. The molecule has 0 aliphatic carbocycles. The van der Waals surface area contributed by atoms with Gasteiger partial charge in [0.1, 0.15) is 0 Å². The average Bonchev–Trinajstić information content (AvgIpc) is 2.79. The summed E-state index contributed by atoms with van der Waals surface area (Å²) in [6.45, 7) is 0. The summed E-state index contributed by atoms with van der Waals surface area (Å²) in [5.74, 6) is -0.0297. The molecule has 4 aromatic rings. The zero-order valence-electron chi connectivity index (χ0n) is 15.2. The van der Waals surface area contributed by atoms with Crippen molar-refractivity contribution in [3.63, 3.8) is 0 Å². The lowest BCUT2D eigenvalue weighted by Crippen LogP contribution is -2.02. The summed E-state index contributed by atoms with van der Waals surface area (Å²) in [5, 5.41) is 0. The Morgan fingerprint density at radius 3 is 1.14 bits per heavy atom. The van der Waals surface area contributed by atoms with Crippen LogP contribution < -0.4 is 0 Å². The van der Waals surface area contributed by atoms with Crippen molar-refractivity contribution in [1.29, 1.82) is 0 Å². The third-order valence-corrected chi connectivity index (χ3v) is 4.65. The van der Waals surface area contributed by atoms with Crippen molar-refractivity contribution in [3.8, 4) is 11.1 Å². The summed E-state index contributed by atoms with van der Waals surface area (Å²) in [4.78, 5) is 25.5. The molecule has 0 amide bonds. The number of rotatable bonds is 5. The molecule has 0 radical (unpaired) electrons. The van der Waals surface area contributed by atoms with E-state index in [0.29, 0.717) is 22.3 Å². The van der Waals surface area contributed by atoms with Crippen molar-refractivity contribution in [2.24, 2.45) is 0 Å². The van der Waals surface area contributed by atoms with Gasteiger partial charge < -0.3 is 0 Å². The van der Waals surface area contributed by atoms with Gasteiger partial charge in [0.25, 0.3) is 0 Å². The Balaban J connectivity index is 1.67. The minimum atomic E-state index is -0.0148. The van der Waals surface area contributed by atoms with Crippen molar-refractivity contribution in [3.05, 3.63) is 131 Å². The van der Waals surface area contributed by atoms with Crippen LogP contribution in [0.3, 0.4) is 0 Å². The second kappa shape index (κ2) is 7.85. The highest BCUT2D eigenvalue weighted by Gasteiger charge is 2.12. The quantitative estimate of drug-likeness (QED) is 0.420. The maximum atomic E-state index is 12.7. The molecule has 0 unspecified atom stereocenters. The van der Waals surface area contributed by atoms with Gasteiger partial charge in [0.15, 0.2) is 11.6 Å². The minimum absolute atomic E-state index is 0.0148. The molecule has 0 bridgehead atoms. The number of ketones is 2. The third-order valence-electron chi connectivity index (χ3n) is 4.65. The molecule has 4 aromatic carbocycles. The van der Waals surface area contributed by atoms with Crippen molar-refractivity contribution in [2.75, 3.05) is 0 Å². The van der Waals surface area contributed by atoms with Crippen molar-refractivity contribution in [2.45, 2.75) is 0 Å². The van der Waals surface area contributed by atoms with Crippen LogP contribution in [-0.4, -0.2) is 11.6 Å². The summed E-state index contributed by atoms with van der Waals surface area (Å²) in [5.41, 5.74) is 4.39. The van der Waals surface area contributed by atoms with Crippen molar-refractivity contribution < 1.29 is 9.59 Å². The largest absolute Gasteiger partial charge is 0.289 e. The highest BCUT2D eigenvalue weighted by Crippen LogP contribution is 2.24. The molecule has 0 saturated heterocycles. The van der Waals surface area contributed by atoms with E-state index in [1.807, 2.05) is 109 Å². The molecule has 0 spiro atoms. The summed E-state index contributed by atoms with van der Waals surface area (Å²) in [6.07, 6.45) is 0. The van der Waals surface area contributed by atoms with E-state index < -0.39 is 0 Å². The molecule has 0 heterocycles. The van der Waals surface area contributed by atoms with Crippen LogP contribution in [0.2, 0.25) is 0 Å². The molecule has 0 atom stereocenters. The SMILES string of the molecule is O=C(c1ccccc1)c1cccc(-c2cccc(C(=O)c3ccccc3)c2)c1. The maximum Gasteiger partial charge on any atom is 0.193 e. The predicted molar refractivity (Wildman–Crippen MR) is 112 cm³/mol. The van der Waals surface area contributed by atoms with Crippen LogP contribution in [0.1, 0.15) is 31.8 Å². The van der Waals surface area contributed by atoms with E-state index in [1.54, 1.807) is 0 Å². The van der Waals surface area contributed by atoms with Crippen LogP contribution in [0.4, 0.5) is 0 Å². The Morgan fingerprint density at radius 1 is 0.393 bits per heavy atom. The van der Waals surface area contributed by atoms with Gasteiger partial charge in [0.05, 0.1) is 0 Å². The van der Waals surface area contributed by atoms with Crippen molar-refractivity contribution in [1.82, 2.24) is 0 Å². The van der Waals surface area contributed by atoms with Gasteiger partial charge in [-0.05, 0) is 23.3 Å². The summed E-state index contributed by atoms with van der Waals surface area (Å²) >= 11 is 0. The predicted octanol–water partition coefficient (Wildman–Crippen LogP) is 5.82. The van der Waals surface area contributed by atoms with Gasteiger partial charge in [-0.1, -0.05) is 97.1 Å². The molecular weight excluding hydrogens is 344 g/mol. The standard InChI is InChI=1S/C26H18O2/c27-25(19-9-3-1-4-10-19)23-15-7-13-21(17-23)22-14-8-16-24(18-22)26(28)20-11-5-2-6-12-20/h1-18H. The van der Waals surface area contributed by atoms with Crippen molar-refractivity contribution >= 4 is 11.6 Å². The molecule has 0 aromatic heterocycles. The normalized spacial score (nSPS) is 10.4. The Kier molecular flexibility index (Phi) is 4.94. The molecule has 0 aliphatic rings. The van der Waals surface area contributed by atoms with Gasteiger partial charge in [-0.25, -0.2) is 0 Å². The van der Waals surface area contributed by atoms with E-state index in [4.69, 9.17) is 0 Å². The minimum Gasteiger partial charge on any atom is -0.289 e. The van der Waals surface area contributed by atoms with Crippen LogP contribution in [0.15, 0.2) is 109 Å². The molecule has 2 heteroatoms. The van der Waals surface area contributed by atoms with E-state index in [2.05, 4.69) is 0 Å². The number of benzene rings is 4. The van der Waals surface area contributed by atoms with Gasteiger partial charge in [-0.3, -0.25) is 9.59 Å². The summed E-state index contributed by atoms with van der Waals surface area (Å²) in [6, 6.07) is 33.5. The Labute approximate surface area is 164 Å². The third kappa shape index (κ3) is 3.67. The Bertz CT molecular complexity index is 1040. The summed E-state index contributed by atoms with van der Waals surface area (Å²) in [7, 11) is 0. The zero-order valence-corrected chi connectivity index (χ0v) is 15.2. The average molecular weight is 362 g/mol. The number of carbonyl (C=O) groups excluding carboxylic acids is 2. The molecule has 0 aliphatic heterocycles. The van der Waals surface area contributed by atoms with Crippen LogP contribution in [0.25, 0.3) is 11.1 Å². The molecule has 4 rings (SSSR count). The van der Waals surface area contributed by atoms with Gasteiger partial charge in [-0.2, -0.15) is 0 Å². The van der Waals surface area contributed by atoms with E-state index >= 15 is 0 Å². The topological polar surface area (TPSA) is 34.1 Å². The number of carbonyl (C=O) groups is 2. The highest BCUT2D eigenvalue weighted by atomic mass is 16.1. The smallest absolute Gasteiger partial charge is 0.193 e. The molecule has 2 nitrogen and oxygen atoms in total. The van der Waals surface area contributed by atoms with E-state index in [-0.39, 0.29) is 11.6 Å². The number of hydrogen-bond acceptors (Lipinski definition) is 2. The van der Waals surface area contributed by atoms with Crippen LogP contribution in [0.5, 0.6) is 0 Å². The lowest BCUT2D eigenvalue weighted by molar-refractivity contribution is 0.103. The van der Waals surface area contributed by atoms with Gasteiger partial charge in [0.2, 0.25) is 0 Å². The van der Waals surface area contributed by atoms with E-state index in [0.717, 1.165) is 11.1 Å². The first-order chi connectivity index (χ1) is 13.7. The van der Waals surface area contributed by atoms with Crippen LogP contribution in [0, 0.1) is 0 Å². The molecule has 0 fully saturated rings. The molecular formula is C26H18O2. The first-order valence-electron chi connectivity index (χ1n) is 9.12. The number of hydrogen-bond donors (Lipinski definition) is 0. The van der Waals surface area contributed by atoms with Crippen LogP contribution >= 0.6 is 0 Å². The molecule has 0 saturated carbocycles. The zero-order chi connectivity index (χ0) is 19.3. The van der Waals surface area contributed by atoms with Gasteiger partial charge in [-0.15, -0.1) is 0 Å². The van der Waals surface area contributed by atoms with E-state index in [9.17, 15) is 9.59 Å². The molecule has 134 valence electrons. The first-order valence-corrected chi connectivity index (χ1v) is 9.12. The Morgan fingerprint density at radius 2 is 0.750 bits per heavy atom. The molecule has 28 heavy (non-hydrogen) atoms. The monoisotopic (exact) mass is 362 g/mol. The fourth-order valence-electron chi connectivity index (χ4n) is 3.19. The fraction of sp³-hybridized carbons (Fsp3) is 0.